The summed E-state index contributed by atoms with van der Waals surface area (Å²) in [5.41, 5.74) is 0.801. The van der Waals surface area contributed by atoms with Crippen molar-refractivity contribution < 1.29 is 24.2 Å². The molecule has 1 aromatic carbocycles. The lowest BCUT2D eigenvalue weighted by molar-refractivity contribution is -0.150. The molecule has 2 rings (SSSR count). The predicted octanol–water partition coefficient (Wildman–Crippen LogP) is 1.63. The van der Waals surface area contributed by atoms with E-state index in [1.165, 1.54) is 0 Å². The van der Waals surface area contributed by atoms with Gasteiger partial charge in [-0.3, -0.25) is 14.4 Å². The van der Waals surface area contributed by atoms with E-state index < -0.39 is 12.0 Å². The average Bonchev–Trinajstić information content (AvgIpc) is 2.69. The van der Waals surface area contributed by atoms with E-state index in [1.54, 1.807) is 6.92 Å². The molecule has 1 aromatic rings. The molecule has 0 bridgehead atoms. The Kier molecular flexibility index (Phi) is 8.68. The summed E-state index contributed by atoms with van der Waals surface area (Å²) in [7, 11) is 0. The summed E-state index contributed by atoms with van der Waals surface area (Å²) in [5.74, 6) is -1.40. The number of benzene rings is 1. The number of amides is 2. The highest BCUT2D eigenvalue weighted by Gasteiger charge is 2.24. The zero-order chi connectivity index (χ0) is 20.4. The third-order valence-electron chi connectivity index (χ3n) is 4.49. The minimum absolute atomic E-state index is 0.0241. The number of ether oxygens (including phenoxy) is 1. The fourth-order valence-corrected chi connectivity index (χ4v) is 2.92. The van der Waals surface area contributed by atoms with Crippen molar-refractivity contribution >= 4 is 17.8 Å². The summed E-state index contributed by atoms with van der Waals surface area (Å²) >= 11 is 0. The quantitative estimate of drug-likeness (QED) is 0.525. The average molecular weight is 388 g/mol. The SMILES string of the molecule is C[C@H](CO)NC(=O)C[C@H]1CC=CCCC(=O)O[C@@H](c2ccccc2)CNC1=O. The number of cyclic esters (lactones) is 1. The van der Waals surface area contributed by atoms with E-state index in [9.17, 15) is 14.4 Å². The first kappa shape index (κ1) is 21.6. The van der Waals surface area contributed by atoms with Crippen molar-refractivity contribution in [1.82, 2.24) is 10.6 Å². The van der Waals surface area contributed by atoms with Crippen molar-refractivity contribution in [2.45, 2.75) is 44.8 Å². The highest BCUT2D eigenvalue weighted by atomic mass is 16.5. The summed E-state index contributed by atoms with van der Waals surface area (Å²) in [6, 6.07) is 8.89. The first-order valence-electron chi connectivity index (χ1n) is 9.57. The van der Waals surface area contributed by atoms with Crippen LogP contribution >= 0.6 is 0 Å². The van der Waals surface area contributed by atoms with Gasteiger partial charge in [-0.2, -0.15) is 0 Å². The summed E-state index contributed by atoms with van der Waals surface area (Å²) in [5, 5.41) is 14.5. The first-order chi connectivity index (χ1) is 13.5. The maximum atomic E-state index is 12.7. The Bertz CT molecular complexity index is 689. The lowest BCUT2D eigenvalue weighted by atomic mass is 9.98. The number of hydrogen-bond acceptors (Lipinski definition) is 5. The van der Waals surface area contributed by atoms with Gasteiger partial charge < -0.3 is 20.5 Å². The van der Waals surface area contributed by atoms with Crippen LogP contribution in [0.4, 0.5) is 0 Å². The Morgan fingerprint density at radius 1 is 1.29 bits per heavy atom. The number of aliphatic hydroxyl groups is 1. The molecule has 1 aliphatic rings. The third-order valence-corrected chi connectivity index (χ3v) is 4.49. The standard InChI is InChI=1S/C21H28N2O5/c1-15(14-24)23-19(25)12-17-10-6-3-7-11-20(26)28-18(13-22-21(17)27)16-8-4-2-5-9-16/h2-6,8-9,15,17-18,24H,7,10-14H2,1H3,(H,22,27)(H,23,25)/t15-,17-,18-/m1/s1. The fourth-order valence-electron chi connectivity index (χ4n) is 2.92. The maximum absolute atomic E-state index is 12.7. The number of rotatable bonds is 5. The largest absolute Gasteiger partial charge is 0.456 e. The molecule has 0 aliphatic carbocycles. The van der Waals surface area contributed by atoms with Gasteiger partial charge in [0.15, 0.2) is 0 Å². The minimum atomic E-state index is -0.579. The molecule has 3 N–H and O–H groups in total. The van der Waals surface area contributed by atoms with E-state index in [4.69, 9.17) is 9.84 Å². The Hall–Kier alpha value is -2.67. The number of hydrogen-bond donors (Lipinski definition) is 3. The zero-order valence-electron chi connectivity index (χ0n) is 16.1. The van der Waals surface area contributed by atoms with Crippen LogP contribution in [0.1, 0.15) is 44.3 Å². The lowest BCUT2D eigenvalue weighted by Gasteiger charge is -2.22. The molecule has 1 aliphatic heterocycles. The van der Waals surface area contributed by atoms with Crippen molar-refractivity contribution in [2.24, 2.45) is 5.92 Å². The van der Waals surface area contributed by atoms with Crippen LogP contribution < -0.4 is 10.6 Å². The predicted molar refractivity (Wildman–Crippen MR) is 104 cm³/mol. The Morgan fingerprint density at radius 3 is 2.75 bits per heavy atom. The van der Waals surface area contributed by atoms with Gasteiger partial charge in [-0.25, -0.2) is 0 Å². The van der Waals surface area contributed by atoms with Crippen molar-refractivity contribution in [1.29, 1.82) is 0 Å². The monoisotopic (exact) mass is 388 g/mol. The summed E-state index contributed by atoms with van der Waals surface area (Å²) in [4.78, 5) is 36.9. The Morgan fingerprint density at radius 2 is 2.04 bits per heavy atom. The van der Waals surface area contributed by atoms with E-state index in [2.05, 4.69) is 10.6 Å². The van der Waals surface area contributed by atoms with Crippen molar-refractivity contribution in [3.63, 3.8) is 0 Å². The van der Waals surface area contributed by atoms with Crippen LogP contribution in [0.5, 0.6) is 0 Å². The number of carbonyl (C=O) groups is 3. The number of carbonyl (C=O) groups excluding carboxylic acids is 3. The Balaban J connectivity index is 2.09. The molecule has 0 unspecified atom stereocenters. The van der Waals surface area contributed by atoms with Gasteiger partial charge in [0.05, 0.1) is 19.1 Å². The number of allylic oxidation sites excluding steroid dienone is 2. The number of esters is 1. The van der Waals surface area contributed by atoms with Crippen LogP contribution in [0.25, 0.3) is 0 Å². The van der Waals surface area contributed by atoms with Crippen molar-refractivity contribution in [2.75, 3.05) is 13.2 Å². The van der Waals surface area contributed by atoms with E-state index in [-0.39, 0.29) is 49.8 Å². The number of aliphatic hydroxyl groups excluding tert-OH is 1. The van der Waals surface area contributed by atoms with Gasteiger partial charge in [-0.05, 0) is 25.3 Å². The smallest absolute Gasteiger partial charge is 0.306 e. The molecule has 2 amide bonds. The van der Waals surface area contributed by atoms with Gasteiger partial charge in [0.2, 0.25) is 11.8 Å². The van der Waals surface area contributed by atoms with E-state index in [1.807, 2.05) is 42.5 Å². The highest BCUT2D eigenvalue weighted by molar-refractivity contribution is 5.86. The lowest BCUT2D eigenvalue weighted by Crippen LogP contribution is -2.40. The third kappa shape index (κ3) is 7.15. The van der Waals surface area contributed by atoms with Crippen LogP contribution in [0, 0.1) is 5.92 Å². The fraction of sp³-hybridized carbons (Fsp3) is 0.476. The van der Waals surface area contributed by atoms with Gasteiger partial charge >= 0.3 is 5.97 Å². The van der Waals surface area contributed by atoms with Crippen LogP contribution in [-0.4, -0.2) is 42.1 Å². The van der Waals surface area contributed by atoms with Gasteiger partial charge in [0, 0.05) is 18.9 Å². The molecule has 152 valence electrons. The van der Waals surface area contributed by atoms with Gasteiger partial charge in [-0.1, -0.05) is 42.5 Å². The molecule has 1 heterocycles. The molecular formula is C21H28N2O5. The van der Waals surface area contributed by atoms with E-state index in [0.717, 1.165) is 5.56 Å². The zero-order valence-corrected chi connectivity index (χ0v) is 16.1. The molecule has 3 atom stereocenters. The van der Waals surface area contributed by atoms with Gasteiger partial charge in [-0.15, -0.1) is 0 Å². The normalized spacial score (nSPS) is 22.2. The molecule has 0 saturated carbocycles. The molecule has 0 radical (unpaired) electrons. The van der Waals surface area contributed by atoms with Crippen LogP contribution in [-0.2, 0) is 19.1 Å². The second kappa shape index (κ2) is 11.2. The van der Waals surface area contributed by atoms with Gasteiger partial charge in [0.25, 0.3) is 0 Å². The van der Waals surface area contributed by atoms with Crippen molar-refractivity contribution in [3.05, 3.63) is 48.0 Å². The molecule has 0 saturated heterocycles. The highest BCUT2D eigenvalue weighted by Crippen LogP contribution is 2.19. The molecule has 28 heavy (non-hydrogen) atoms. The van der Waals surface area contributed by atoms with E-state index in [0.29, 0.717) is 12.8 Å². The second-order valence-electron chi connectivity index (χ2n) is 6.93. The molecule has 0 aromatic heterocycles. The first-order valence-corrected chi connectivity index (χ1v) is 9.57. The van der Waals surface area contributed by atoms with Crippen LogP contribution in [0.2, 0.25) is 0 Å². The minimum Gasteiger partial charge on any atom is -0.456 e. The molecule has 7 nitrogen and oxygen atoms in total. The van der Waals surface area contributed by atoms with Gasteiger partial charge in [0.1, 0.15) is 6.10 Å². The summed E-state index contributed by atoms with van der Waals surface area (Å²) in [6.45, 7) is 1.67. The number of nitrogens with one attached hydrogen (secondary N) is 2. The molecule has 7 heteroatoms. The van der Waals surface area contributed by atoms with Crippen LogP contribution in [0.15, 0.2) is 42.5 Å². The van der Waals surface area contributed by atoms with Crippen LogP contribution in [0.3, 0.4) is 0 Å². The van der Waals surface area contributed by atoms with E-state index >= 15 is 0 Å². The maximum Gasteiger partial charge on any atom is 0.306 e. The molecule has 0 fully saturated rings. The Labute approximate surface area is 165 Å². The summed E-state index contributed by atoms with van der Waals surface area (Å²) in [6.07, 6.45) is 4.26. The second-order valence-corrected chi connectivity index (χ2v) is 6.93. The topological polar surface area (TPSA) is 105 Å². The molecule has 0 spiro atoms. The van der Waals surface area contributed by atoms with Crippen molar-refractivity contribution in [3.8, 4) is 0 Å². The summed E-state index contributed by atoms with van der Waals surface area (Å²) < 4.78 is 5.55. The molecular weight excluding hydrogens is 360 g/mol.